The molecule has 0 radical (unpaired) electrons. The van der Waals surface area contributed by atoms with E-state index in [9.17, 15) is 23.6 Å². The van der Waals surface area contributed by atoms with Crippen LogP contribution in [0.2, 0.25) is 20.1 Å². The number of fused-ring (bicyclic) bond motifs is 4. The standard InChI is InChI=1S/C27H29Cl2FN2O3.C15H8Cl2FNO.C8H14O.C2H7N/c1-4-35-23(33)22-20(16-6-5-7-18(29)21(16)30)27(26(32-22)12-10-25(2,3)11-13-26)17-9-8-15(28)14-19(17)31-24(27)34;16-9-4-5-10-11(15(20)19-13(10)7-9)6-8-2-1-3-12(17)14(8)18;1-8(2)5-3-7(9)4-6-8;1-2-3/h5-9,14,20,22,32H,4,10-13H2,1-3H3,(H,31,34);1-7H,(H,19,20);3-6H2,1-2H3;2-3H2,1H3/t20-,22+,27+;;;/m0.../s1. The molecule has 2 amide bonds. The van der Waals surface area contributed by atoms with Gasteiger partial charge in [-0.25, -0.2) is 8.78 Å². The molecule has 4 aromatic rings. The van der Waals surface area contributed by atoms with Crippen molar-refractivity contribution in [2.24, 2.45) is 16.6 Å². The highest BCUT2D eigenvalue weighted by atomic mass is 35.5. The van der Waals surface area contributed by atoms with E-state index in [4.69, 9.17) is 56.9 Å². The Morgan fingerprint density at radius 2 is 1.33 bits per heavy atom. The highest BCUT2D eigenvalue weighted by Gasteiger charge is 2.73. The zero-order valence-electron chi connectivity index (χ0n) is 38.6. The molecule has 2 aliphatic carbocycles. The number of amides is 2. The van der Waals surface area contributed by atoms with Gasteiger partial charge in [-0.05, 0) is 116 Å². The fourth-order valence-corrected chi connectivity index (χ4v) is 10.6. The number of carbonyl (C=O) groups is 4. The van der Waals surface area contributed by atoms with Gasteiger partial charge in [0, 0.05) is 56.7 Å². The molecule has 15 heteroatoms. The maximum Gasteiger partial charge on any atom is 0.323 e. The number of halogens is 6. The minimum Gasteiger partial charge on any atom is -0.465 e. The van der Waals surface area contributed by atoms with Gasteiger partial charge in [-0.2, -0.15) is 0 Å². The SMILES string of the molecule is CC1(C)CCC(=O)CC1.CCN.CCOC(=O)[C@@H]1NC2(CCC(C)(C)CC2)[C@@]2(C(=O)Nc3cc(Cl)ccc32)[C@H]1c1cccc(Cl)c1F.O=C1Nc2cc(Cl)ccc2C1=Cc1cccc(Cl)c1F. The summed E-state index contributed by atoms with van der Waals surface area (Å²) >= 11 is 24.1. The van der Waals surface area contributed by atoms with Crippen LogP contribution in [0.3, 0.4) is 0 Å². The molecule has 0 bridgehead atoms. The average molecular weight is 999 g/mol. The molecule has 5 aliphatic rings. The molecular weight excluding hydrogens is 940 g/mol. The highest BCUT2D eigenvalue weighted by Crippen LogP contribution is 2.64. The number of hydrogen-bond acceptors (Lipinski definition) is 7. The largest absolute Gasteiger partial charge is 0.465 e. The fourth-order valence-electron chi connectivity index (χ4n) is 9.93. The summed E-state index contributed by atoms with van der Waals surface area (Å²) < 4.78 is 35.0. The van der Waals surface area contributed by atoms with Crippen LogP contribution in [0.15, 0.2) is 72.8 Å². The average Bonchev–Trinajstić information content (AvgIpc) is 3.86. The second-order valence-electron chi connectivity index (χ2n) is 19.1. The molecular formula is C52H58Cl4F2N4O5. The number of nitrogens with one attached hydrogen (secondary N) is 3. The quantitative estimate of drug-likeness (QED) is 0.118. The molecule has 9 nitrogen and oxygen atoms in total. The van der Waals surface area contributed by atoms with Crippen LogP contribution < -0.4 is 21.7 Å². The maximum absolute atomic E-state index is 15.7. The third kappa shape index (κ3) is 10.8. The summed E-state index contributed by atoms with van der Waals surface area (Å²) in [4.78, 5) is 50.3. The highest BCUT2D eigenvalue weighted by molar-refractivity contribution is 6.37. The molecule has 3 fully saturated rings. The Hall–Kier alpha value is -4.36. The van der Waals surface area contributed by atoms with Crippen LogP contribution in [-0.2, 0) is 29.3 Å². The molecule has 3 heterocycles. The molecule has 3 aliphatic heterocycles. The number of ether oxygens (including phenoxy) is 1. The molecule has 67 heavy (non-hydrogen) atoms. The predicted octanol–water partition coefficient (Wildman–Crippen LogP) is 12.7. The number of ketones is 1. The molecule has 0 aromatic heterocycles. The van der Waals surface area contributed by atoms with Gasteiger partial charge in [0.2, 0.25) is 5.91 Å². The topological polar surface area (TPSA) is 140 Å². The summed E-state index contributed by atoms with van der Waals surface area (Å²) in [5.74, 6) is -2.65. The van der Waals surface area contributed by atoms with E-state index < -0.39 is 40.5 Å². The lowest BCUT2D eigenvalue weighted by molar-refractivity contribution is -0.146. The summed E-state index contributed by atoms with van der Waals surface area (Å²) in [6, 6.07) is 18.8. The second-order valence-corrected chi connectivity index (χ2v) is 20.8. The van der Waals surface area contributed by atoms with Crippen LogP contribution >= 0.6 is 46.4 Å². The van der Waals surface area contributed by atoms with Gasteiger partial charge in [-0.1, -0.05) is 117 Å². The fraction of sp³-hybridized carbons (Fsp3) is 0.423. The summed E-state index contributed by atoms with van der Waals surface area (Å²) in [5.41, 5.74) is 6.83. The van der Waals surface area contributed by atoms with E-state index in [1.54, 1.807) is 61.5 Å². The first-order chi connectivity index (χ1) is 31.6. The van der Waals surface area contributed by atoms with Crippen molar-refractivity contribution in [1.29, 1.82) is 0 Å². The Morgan fingerprint density at radius 3 is 1.94 bits per heavy atom. The number of carbonyl (C=O) groups excluding carboxylic acids is 4. The first-order valence-electron chi connectivity index (χ1n) is 22.6. The van der Waals surface area contributed by atoms with Crippen LogP contribution in [0.1, 0.15) is 121 Å². The Balaban J connectivity index is 0.000000193. The molecule has 9 rings (SSSR count). The van der Waals surface area contributed by atoms with Gasteiger partial charge in [0.1, 0.15) is 28.9 Å². The third-order valence-electron chi connectivity index (χ3n) is 13.5. The molecule has 2 spiro atoms. The van der Waals surface area contributed by atoms with Gasteiger partial charge >= 0.3 is 5.97 Å². The van der Waals surface area contributed by atoms with Crippen molar-refractivity contribution >= 4 is 93.0 Å². The Morgan fingerprint density at radius 1 is 0.761 bits per heavy atom. The first kappa shape index (κ1) is 52.0. The van der Waals surface area contributed by atoms with E-state index >= 15 is 4.39 Å². The predicted molar refractivity (Wildman–Crippen MR) is 266 cm³/mol. The Bertz CT molecular complexity index is 2560. The smallest absolute Gasteiger partial charge is 0.323 e. The van der Waals surface area contributed by atoms with Gasteiger partial charge in [-0.15, -0.1) is 0 Å². The number of esters is 1. The maximum atomic E-state index is 15.7. The van der Waals surface area contributed by atoms with Gasteiger partial charge in [0.05, 0.1) is 22.3 Å². The van der Waals surface area contributed by atoms with Gasteiger partial charge in [-0.3, -0.25) is 24.5 Å². The molecule has 2 saturated carbocycles. The van der Waals surface area contributed by atoms with Crippen LogP contribution in [-0.4, -0.2) is 48.3 Å². The van der Waals surface area contributed by atoms with Crippen molar-refractivity contribution in [3.05, 3.63) is 127 Å². The van der Waals surface area contributed by atoms with E-state index in [1.807, 2.05) is 13.0 Å². The second kappa shape index (κ2) is 21.1. The van der Waals surface area contributed by atoms with E-state index in [0.29, 0.717) is 56.6 Å². The normalized spacial score (nSPS) is 23.1. The van der Waals surface area contributed by atoms with Gasteiger partial charge in [0.25, 0.3) is 5.91 Å². The summed E-state index contributed by atoms with van der Waals surface area (Å²) in [6.45, 7) is 13.4. The zero-order chi connectivity index (χ0) is 49.1. The van der Waals surface area contributed by atoms with Gasteiger partial charge < -0.3 is 21.1 Å². The van der Waals surface area contributed by atoms with Crippen LogP contribution in [0, 0.1) is 22.5 Å². The van der Waals surface area contributed by atoms with E-state index in [-0.39, 0.29) is 45.0 Å². The monoisotopic (exact) mass is 996 g/mol. The van der Waals surface area contributed by atoms with Crippen LogP contribution in [0.25, 0.3) is 11.6 Å². The lowest BCUT2D eigenvalue weighted by Gasteiger charge is -2.50. The molecule has 3 atom stereocenters. The zero-order valence-corrected chi connectivity index (χ0v) is 41.6. The minimum absolute atomic E-state index is 0.0223. The van der Waals surface area contributed by atoms with Crippen molar-refractivity contribution in [3.63, 3.8) is 0 Å². The van der Waals surface area contributed by atoms with Crippen molar-refractivity contribution in [2.75, 3.05) is 23.8 Å². The summed E-state index contributed by atoms with van der Waals surface area (Å²) in [7, 11) is 0. The molecule has 5 N–H and O–H groups in total. The Kier molecular flexibility index (Phi) is 16.4. The van der Waals surface area contributed by atoms with Crippen molar-refractivity contribution < 1.29 is 32.7 Å². The summed E-state index contributed by atoms with van der Waals surface area (Å²) in [5, 5.41) is 10.3. The number of rotatable bonds is 4. The first-order valence-corrected chi connectivity index (χ1v) is 24.1. The number of anilines is 2. The van der Waals surface area contributed by atoms with Crippen molar-refractivity contribution in [3.8, 4) is 0 Å². The molecule has 1 saturated heterocycles. The number of hydrogen-bond donors (Lipinski definition) is 4. The Labute approximate surface area is 411 Å². The van der Waals surface area contributed by atoms with E-state index in [2.05, 4.69) is 43.6 Å². The molecule has 0 unspecified atom stereocenters. The number of benzene rings is 4. The molecule has 4 aromatic carbocycles. The van der Waals surface area contributed by atoms with Crippen LogP contribution in [0.4, 0.5) is 20.2 Å². The van der Waals surface area contributed by atoms with Crippen molar-refractivity contribution in [1.82, 2.24) is 5.32 Å². The number of nitrogens with two attached hydrogens (primary N) is 1. The summed E-state index contributed by atoms with van der Waals surface area (Å²) in [6.07, 6.45) is 8.26. The van der Waals surface area contributed by atoms with E-state index in [1.165, 1.54) is 18.2 Å². The molecule has 358 valence electrons. The minimum atomic E-state index is -1.26. The van der Waals surface area contributed by atoms with Gasteiger partial charge in [0.15, 0.2) is 0 Å². The van der Waals surface area contributed by atoms with Crippen molar-refractivity contribution in [2.45, 2.75) is 116 Å². The lowest BCUT2D eigenvalue weighted by Crippen LogP contribution is -2.61. The lowest BCUT2D eigenvalue weighted by atomic mass is 9.53. The van der Waals surface area contributed by atoms with Crippen LogP contribution in [0.5, 0.6) is 0 Å². The number of Topliss-reactive ketones (excluding diaryl/α,β-unsaturated/α-hetero) is 1. The van der Waals surface area contributed by atoms with E-state index in [0.717, 1.165) is 50.6 Å². The third-order valence-corrected chi connectivity index (χ3v) is 14.6.